The number of fused-ring (bicyclic) bond motifs is 1. The van der Waals surface area contributed by atoms with Crippen LogP contribution in [0.2, 0.25) is 0 Å². The number of benzene rings is 3. The molecule has 0 bridgehead atoms. The first-order valence-corrected chi connectivity index (χ1v) is 12.7. The van der Waals surface area contributed by atoms with Gasteiger partial charge in [0, 0.05) is 5.56 Å². The fraction of sp³-hybridized carbons (Fsp3) is 0.200. The molecule has 1 heterocycles. The number of aryl methyl sites for hydroxylation is 1. The minimum absolute atomic E-state index is 0.217. The summed E-state index contributed by atoms with van der Waals surface area (Å²) in [6.07, 6.45) is 0. The fourth-order valence-electron chi connectivity index (χ4n) is 3.34. The van der Waals surface area contributed by atoms with Gasteiger partial charge in [-0.1, -0.05) is 47.7 Å². The van der Waals surface area contributed by atoms with Crippen molar-refractivity contribution in [1.82, 2.24) is 4.98 Å². The highest BCUT2D eigenvalue weighted by molar-refractivity contribution is 7.92. The second-order valence-corrected chi connectivity index (χ2v) is 11.5. The van der Waals surface area contributed by atoms with Crippen LogP contribution in [0.25, 0.3) is 10.2 Å². The lowest BCUT2D eigenvalue weighted by Crippen LogP contribution is -2.30. The van der Waals surface area contributed by atoms with Gasteiger partial charge in [-0.25, -0.2) is 13.4 Å². The first kappa shape index (κ1) is 22.2. The van der Waals surface area contributed by atoms with Gasteiger partial charge in [0.2, 0.25) is 0 Å². The summed E-state index contributed by atoms with van der Waals surface area (Å²) in [4.78, 5) is 20.1. The predicted molar refractivity (Wildman–Crippen MR) is 130 cm³/mol. The highest BCUT2D eigenvalue weighted by atomic mass is 32.2. The number of nitrogens with zero attached hydrogens (tertiary/aromatic N) is 2. The fourth-order valence-corrected chi connectivity index (χ4v) is 5.46. The molecule has 0 spiro atoms. The van der Waals surface area contributed by atoms with Crippen molar-refractivity contribution in [3.8, 4) is 0 Å². The van der Waals surface area contributed by atoms with Gasteiger partial charge in [0.25, 0.3) is 5.91 Å². The van der Waals surface area contributed by atoms with Crippen LogP contribution in [0.1, 0.15) is 35.3 Å². The maximum Gasteiger partial charge on any atom is 0.260 e. The van der Waals surface area contributed by atoms with E-state index in [1.165, 1.54) is 23.5 Å². The molecule has 7 heteroatoms. The Morgan fingerprint density at radius 2 is 1.69 bits per heavy atom. The number of hydrogen-bond acceptors (Lipinski definition) is 5. The number of amides is 1. The minimum Gasteiger partial charge on any atom is -0.279 e. The molecule has 1 amide bonds. The van der Waals surface area contributed by atoms with E-state index in [-0.39, 0.29) is 10.8 Å². The van der Waals surface area contributed by atoms with E-state index in [0.29, 0.717) is 17.2 Å². The average molecular weight is 465 g/mol. The van der Waals surface area contributed by atoms with Crippen LogP contribution in [0, 0.1) is 6.92 Å². The van der Waals surface area contributed by atoms with E-state index in [2.05, 4.69) is 6.07 Å². The Morgan fingerprint density at radius 1 is 1.00 bits per heavy atom. The normalized spacial score (nSPS) is 11.8. The van der Waals surface area contributed by atoms with Crippen molar-refractivity contribution in [2.24, 2.45) is 0 Å². The van der Waals surface area contributed by atoms with Crippen LogP contribution in [-0.4, -0.2) is 24.6 Å². The Kier molecular flexibility index (Phi) is 6.13. The van der Waals surface area contributed by atoms with Gasteiger partial charge >= 0.3 is 0 Å². The summed E-state index contributed by atoms with van der Waals surface area (Å²) < 4.78 is 25.9. The van der Waals surface area contributed by atoms with E-state index in [4.69, 9.17) is 4.98 Å². The van der Waals surface area contributed by atoms with E-state index in [1.807, 2.05) is 49.4 Å². The molecule has 4 aromatic rings. The third-order valence-corrected chi connectivity index (χ3v) is 8.45. The highest BCUT2D eigenvalue weighted by Gasteiger charge is 2.24. The zero-order valence-corrected chi connectivity index (χ0v) is 19.8. The number of hydrogen-bond donors (Lipinski definition) is 0. The third-order valence-electron chi connectivity index (χ3n) is 5.24. The summed E-state index contributed by atoms with van der Waals surface area (Å²) >= 11 is 1.47. The second-order valence-electron chi connectivity index (χ2n) is 7.96. The lowest BCUT2D eigenvalue weighted by molar-refractivity contribution is 0.0985. The van der Waals surface area contributed by atoms with E-state index < -0.39 is 15.1 Å². The van der Waals surface area contributed by atoms with Crippen LogP contribution in [0.5, 0.6) is 0 Å². The molecule has 32 heavy (non-hydrogen) atoms. The third kappa shape index (κ3) is 4.45. The smallest absolute Gasteiger partial charge is 0.260 e. The van der Waals surface area contributed by atoms with Crippen LogP contribution >= 0.6 is 11.3 Å². The van der Waals surface area contributed by atoms with Gasteiger partial charge in [-0.05, 0) is 68.3 Å². The number of sulfone groups is 1. The number of carbonyl (C=O) groups is 1. The molecule has 0 saturated carbocycles. The maximum absolute atomic E-state index is 13.5. The summed E-state index contributed by atoms with van der Waals surface area (Å²) in [5.41, 5.74) is 3.38. The predicted octanol–water partition coefficient (Wildman–Crippen LogP) is 5.63. The maximum atomic E-state index is 13.5. The lowest BCUT2D eigenvalue weighted by atomic mass is 10.1. The Balaban J connectivity index is 1.73. The topological polar surface area (TPSA) is 67.3 Å². The minimum atomic E-state index is -3.40. The van der Waals surface area contributed by atoms with Gasteiger partial charge in [0.1, 0.15) is 0 Å². The monoisotopic (exact) mass is 464 g/mol. The van der Waals surface area contributed by atoms with Crippen molar-refractivity contribution in [3.05, 3.63) is 89.5 Å². The van der Waals surface area contributed by atoms with Crippen LogP contribution < -0.4 is 4.90 Å². The van der Waals surface area contributed by atoms with Crippen molar-refractivity contribution < 1.29 is 13.2 Å². The Hall–Kier alpha value is -3.03. The standard InChI is InChI=1S/C25H24N2O3S2/c1-17(2)32(29,30)21-12-10-20(11-13-21)24(28)27(16-19-7-5-4-6-8-19)25-26-22-14-9-18(3)15-23(22)31-25/h4-15,17H,16H2,1-3H3. The van der Waals surface area contributed by atoms with E-state index in [1.54, 1.807) is 30.9 Å². The number of aromatic nitrogens is 1. The first-order chi connectivity index (χ1) is 15.3. The molecular formula is C25H24N2O3S2. The van der Waals surface area contributed by atoms with Crippen LogP contribution in [0.3, 0.4) is 0 Å². The summed E-state index contributed by atoms with van der Waals surface area (Å²) in [5, 5.41) is 0.0863. The SMILES string of the molecule is Cc1ccc2nc(N(Cc3ccccc3)C(=O)c3ccc(S(=O)(=O)C(C)C)cc3)sc2c1. The molecule has 3 aromatic carbocycles. The van der Waals surface area contributed by atoms with Crippen LogP contribution in [0.15, 0.2) is 77.7 Å². The first-order valence-electron chi connectivity index (χ1n) is 10.3. The molecule has 4 rings (SSSR count). The number of thiazole rings is 1. The van der Waals surface area contributed by atoms with E-state index in [0.717, 1.165) is 21.3 Å². The molecule has 0 aliphatic rings. The average Bonchev–Trinajstić information content (AvgIpc) is 3.20. The van der Waals surface area contributed by atoms with Crippen molar-refractivity contribution in [3.63, 3.8) is 0 Å². The summed E-state index contributed by atoms with van der Waals surface area (Å²) in [6.45, 7) is 5.68. The molecule has 0 saturated heterocycles. The number of carbonyl (C=O) groups excluding carboxylic acids is 1. The van der Waals surface area contributed by atoms with Crippen molar-refractivity contribution in [2.75, 3.05) is 4.90 Å². The molecule has 0 N–H and O–H groups in total. The molecule has 0 radical (unpaired) electrons. The van der Waals surface area contributed by atoms with Crippen LogP contribution in [-0.2, 0) is 16.4 Å². The summed E-state index contributed by atoms with van der Waals surface area (Å²) in [6, 6.07) is 21.9. The molecule has 5 nitrogen and oxygen atoms in total. The van der Waals surface area contributed by atoms with Gasteiger partial charge in [0.05, 0.1) is 26.9 Å². The van der Waals surface area contributed by atoms with Gasteiger partial charge in [-0.2, -0.15) is 0 Å². The van der Waals surface area contributed by atoms with E-state index in [9.17, 15) is 13.2 Å². The Morgan fingerprint density at radius 3 is 2.34 bits per heavy atom. The summed E-state index contributed by atoms with van der Waals surface area (Å²) in [5.74, 6) is -0.224. The van der Waals surface area contributed by atoms with Crippen LogP contribution in [0.4, 0.5) is 5.13 Å². The molecule has 0 aliphatic carbocycles. The molecule has 0 atom stereocenters. The zero-order chi connectivity index (χ0) is 22.9. The van der Waals surface area contributed by atoms with Crippen molar-refractivity contribution in [1.29, 1.82) is 0 Å². The number of rotatable bonds is 6. The molecular weight excluding hydrogens is 440 g/mol. The van der Waals surface area contributed by atoms with Crippen molar-refractivity contribution in [2.45, 2.75) is 37.5 Å². The lowest BCUT2D eigenvalue weighted by Gasteiger charge is -2.20. The quantitative estimate of drug-likeness (QED) is 0.371. The van der Waals surface area contributed by atoms with E-state index >= 15 is 0 Å². The second kappa shape index (κ2) is 8.84. The Labute approximate surface area is 192 Å². The Bertz CT molecular complexity index is 1360. The molecule has 0 aliphatic heterocycles. The number of anilines is 1. The highest BCUT2D eigenvalue weighted by Crippen LogP contribution is 2.31. The summed E-state index contributed by atoms with van der Waals surface area (Å²) in [7, 11) is -3.40. The molecule has 164 valence electrons. The zero-order valence-electron chi connectivity index (χ0n) is 18.1. The van der Waals surface area contributed by atoms with Gasteiger partial charge in [-0.15, -0.1) is 0 Å². The van der Waals surface area contributed by atoms with Gasteiger partial charge in [0.15, 0.2) is 15.0 Å². The van der Waals surface area contributed by atoms with Crippen molar-refractivity contribution >= 4 is 42.4 Å². The largest absolute Gasteiger partial charge is 0.279 e. The van der Waals surface area contributed by atoms with Gasteiger partial charge < -0.3 is 0 Å². The molecule has 0 unspecified atom stereocenters. The van der Waals surface area contributed by atoms with Gasteiger partial charge in [-0.3, -0.25) is 9.69 Å². The molecule has 1 aromatic heterocycles. The molecule has 0 fully saturated rings.